The predicted molar refractivity (Wildman–Crippen MR) is 102 cm³/mol. The molecule has 132 valence electrons. The number of para-hydroxylation sites is 1. The summed E-state index contributed by atoms with van der Waals surface area (Å²) in [5.41, 5.74) is 0.812. The number of esters is 1. The van der Waals surface area contributed by atoms with Gasteiger partial charge < -0.3 is 10.1 Å². The van der Waals surface area contributed by atoms with E-state index in [0.29, 0.717) is 21.3 Å². The van der Waals surface area contributed by atoms with E-state index in [1.807, 2.05) is 12.1 Å². The van der Waals surface area contributed by atoms with Gasteiger partial charge in [-0.2, -0.15) is 0 Å². The summed E-state index contributed by atoms with van der Waals surface area (Å²) in [7, 11) is 0. The number of halogens is 1. The first-order chi connectivity index (χ1) is 12.0. The van der Waals surface area contributed by atoms with E-state index in [2.05, 4.69) is 5.32 Å². The van der Waals surface area contributed by atoms with E-state index in [1.54, 1.807) is 24.3 Å². The van der Waals surface area contributed by atoms with Gasteiger partial charge in [0.2, 0.25) is 0 Å². The van der Waals surface area contributed by atoms with E-state index in [1.165, 1.54) is 30.0 Å². The molecule has 1 heterocycles. The van der Waals surface area contributed by atoms with Crippen molar-refractivity contribution in [3.8, 4) is 0 Å². The second-order valence-corrected chi connectivity index (χ2v) is 7.79. The van der Waals surface area contributed by atoms with E-state index in [-0.39, 0.29) is 11.5 Å². The van der Waals surface area contributed by atoms with Crippen molar-refractivity contribution in [3.05, 3.63) is 51.2 Å². The number of Topliss-reactive ketones (excluding diaryl/α,β-unsaturated/α-hetero) is 1. The summed E-state index contributed by atoms with van der Waals surface area (Å²) in [6.07, 6.45) is 0. The molecule has 1 aromatic heterocycles. The van der Waals surface area contributed by atoms with Gasteiger partial charge in [-0.3, -0.25) is 14.4 Å². The molecule has 2 aromatic rings. The largest absolute Gasteiger partial charge is 0.455 e. The van der Waals surface area contributed by atoms with Crippen molar-refractivity contribution in [3.63, 3.8) is 0 Å². The highest BCUT2D eigenvalue weighted by Gasteiger charge is 2.12. The maximum absolute atomic E-state index is 11.9. The molecule has 0 bridgehead atoms. The molecule has 0 aliphatic rings. The van der Waals surface area contributed by atoms with Gasteiger partial charge >= 0.3 is 5.97 Å². The first-order valence-corrected chi connectivity index (χ1v) is 9.68. The number of ether oxygens (including phenoxy) is 1. The van der Waals surface area contributed by atoms with E-state index in [9.17, 15) is 14.4 Å². The molecule has 1 aromatic carbocycles. The van der Waals surface area contributed by atoms with Crippen LogP contribution in [0.5, 0.6) is 0 Å². The average Bonchev–Trinajstić information content (AvgIpc) is 2.98. The fourth-order valence-corrected chi connectivity index (χ4v) is 3.96. The van der Waals surface area contributed by atoms with Gasteiger partial charge in [-0.25, -0.2) is 0 Å². The molecule has 2 rings (SSSR count). The molecule has 0 saturated heterocycles. The minimum absolute atomic E-state index is 0.146. The molecule has 0 atom stereocenters. The molecular formula is C17H16ClNO4S2. The van der Waals surface area contributed by atoms with Crippen LogP contribution in [0.3, 0.4) is 0 Å². The summed E-state index contributed by atoms with van der Waals surface area (Å²) in [6.45, 7) is 1.03. The standard InChI is InChI=1S/C17H16ClNO4S2/c1-11(20)13-4-2-3-5-14(13)19-16(21)8-23-17(22)10-24-9-12-6-7-15(18)25-12/h2-7H,8-10H2,1H3,(H,19,21). The Morgan fingerprint density at radius 3 is 2.64 bits per heavy atom. The lowest BCUT2D eigenvalue weighted by atomic mass is 10.1. The normalized spacial score (nSPS) is 10.3. The third-order valence-corrected chi connectivity index (χ3v) is 5.41. The van der Waals surface area contributed by atoms with Crippen LogP contribution in [0.4, 0.5) is 5.69 Å². The van der Waals surface area contributed by atoms with Crippen LogP contribution in [-0.2, 0) is 20.1 Å². The number of amides is 1. The number of benzene rings is 1. The Morgan fingerprint density at radius 1 is 1.20 bits per heavy atom. The molecule has 0 saturated carbocycles. The third kappa shape index (κ3) is 6.53. The number of carbonyl (C=O) groups excluding carboxylic acids is 3. The zero-order chi connectivity index (χ0) is 18.2. The van der Waals surface area contributed by atoms with Crippen LogP contribution in [0.25, 0.3) is 0 Å². The van der Waals surface area contributed by atoms with Crippen molar-refractivity contribution in [2.24, 2.45) is 0 Å². The monoisotopic (exact) mass is 397 g/mol. The quantitative estimate of drug-likeness (QED) is 0.538. The zero-order valence-electron chi connectivity index (χ0n) is 13.4. The number of anilines is 1. The second-order valence-electron chi connectivity index (χ2n) is 5.01. The minimum Gasteiger partial charge on any atom is -0.455 e. The number of ketones is 1. The fraction of sp³-hybridized carbons (Fsp3) is 0.235. The lowest BCUT2D eigenvalue weighted by Gasteiger charge is -2.09. The number of thioether (sulfide) groups is 1. The second kappa shape index (κ2) is 9.60. The Kier molecular flexibility index (Phi) is 7.49. The maximum atomic E-state index is 11.9. The van der Waals surface area contributed by atoms with Gasteiger partial charge in [-0.05, 0) is 31.2 Å². The predicted octanol–water partition coefficient (Wildman–Crippen LogP) is 4.02. The van der Waals surface area contributed by atoms with E-state index >= 15 is 0 Å². The first kappa shape index (κ1) is 19.5. The summed E-state index contributed by atoms with van der Waals surface area (Å²) in [5, 5.41) is 2.58. The van der Waals surface area contributed by atoms with Gasteiger partial charge in [0.25, 0.3) is 5.91 Å². The fourth-order valence-electron chi connectivity index (χ4n) is 1.94. The molecule has 25 heavy (non-hydrogen) atoms. The molecule has 8 heteroatoms. The number of hydrogen-bond acceptors (Lipinski definition) is 6. The van der Waals surface area contributed by atoms with Crippen molar-refractivity contribution in [2.75, 3.05) is 17.7 Å². The van der Waals surface area contributed by atoms with Crippen molar-refractivity contribution in [1.82, 2.24) is 0 Å². The number of carbonyl (C=O) groups is 3. The zero-order valence-corrected chi connectivity index (χ0v) is 15.8. The molecule has 0 radical (unpaired) electrons. The van der Waals surface area contributed by atoms with E-state index < -0.39 is 18.5 Å². The van der Waals surface area contributed by atoms with Crippen LogP contribution in [0, 0.1) is 0 Å². The van der Waals surface area contributed by atoms with E-state index in [0.717, 1.165) is 4.88 Å². The highest BCUT2D eigenvalue weighted by Crippen LogP contribution is 2.25. The Labute approximate surface area is 158 Å². The molecule has 0 aliphatic heterocycles. The lowest BCUT2D eigenvalue weighted by molar-refractivity contribution is -0.144. The summed E-state index contributed by atoms with van der Waals surface area (Å²) in [4.78, 5) is 36.1. The number of nitrogens with one attached hydrogen (secondary N) is 1. The van der Waals surface area contributed by atoms with Crippen LogP contribution < -0.4 is 5.32 Å². The van der Waals surface area contributed by atoms with E-state index in [4.69, 9.17) is 16.3 Å². The maximum Gasteiger partial charge on any atom is 0.316 e. The van der Waals surface area contributed by atoms with Crippen LogP contribution in [0.15, 0.2) is 36.4 Å². The Hall–Kier alpha value is -1.83. The topological polar surface area (TPSA) is 72.5 Å². The van der Waals surface area contributed by atoms with Gasteiger partial charge in [0, 0.05) is 16.2 Å². The summed E-state index contributed by atoms with van der Waals surface area (Å²) >= 11 is 8.69. The van der Waals surface area contributed by atoms with Gasteiger partial charge in [-0.15, -0.1) is 23.1 Å². The van der Waals surface area contributed by atoms with Gasteiger partial charge in [0.15, 0.2) is 12.4 Å². The summed E-state index contributed by atoms with van der Waals surface area (Å²) < 4.78 is 5.65. The summed E-state index contributed by atoms with van der Waals surface area (Å²) in [5.74, 6) is -0.310. The number of thiophene rings is 1. The lowest BCUT2D eigenvalue weighted by Crippen LogP contribution is -2.22. The summed E-state index contributed by atoms with van der Waals surface area (Å²) in [6, 6.07) is 10.4. The van der Waals surface area contributed by atoms with Gasteiger partial charge in [-0.1, -0.05) is 23.7 Å². The third-order valence-electron chi connectivity index (χ3n) is 3.04. The van der Waals surface area contributed by atoms with Crippen LogP contribution in [-0.4, -0.2) is 30.0 Å². The first-order valence-electron chi connectivity index (χ1n) is 7.33. The van der Waals surface area contributed by atoms with Gasteiger partial charge in [0.1, 0.15) is 0 Å². The van der Waals surface area contributed by atoms with Crippen LogP contribution in [0.2, 0.25) is 4.34 Å². The Morgan fingerprint density at radius 2 is 1.96 bits per heavy atom. The van der Waals surface area contributed by atoms with Crippen molar-refractivity contribution in [1.29, 1.82) is 0 Å². The number of rotatable bonds is 8. The molecular weight excluding hydrogens is 382 g/mol. The van der Waals surface area contributed by atoms with Crippen LogP contribution in [0.1, 0.15) is 22.2 Å². The minimum atomic E-state index is -0.489. The SMILES string of the molecule is CC(=O)c1ccccc1NC(=O)COC(=O)CSCc1ccc(Cl)s1. The molecule has 1 amide bonds. The van der Waals surface area contributed by atoms with Crippen molar-refractivity contribution >= 4 is 58.0 Å². The highest BCUT2D eigenvalue weighted by atomic mass is 35.5. The molecule has 1 N–H and O–H groups in total. The molecule has 0 aliphatic carbocycles. The Balaban J connectivity index is 1.72. The molecule has 0 unspecified atom stereocenters. The van der Waals surface area contributed by atoms with Crippen LogP contribution >= 0.6 is 34.7 Å². The highest BCUT2D eigenvalue weighted by molar-refractivity contribution is 7.99. The molecule has 5 nitrogen and oxygen atoms in total. The van der Waals surface area contributed by atoms with Crippen molar-refractivity contribution in [2.45, 2.75) is 12.7 Å². The smallest absolute Gasteiger partial charge is 0.316 e. The molecule has 0 fully saturated rings. The van der Waals surface area contributed by atoms with Gasteiger partial charge in [0.05, 0.1) is 15.8 Å². The average molecular weight is 398 g/mol. The Bertz CT molecular complexity index is 776. The van der Waals surface area contributed by atoms with Crippen molar-refractivity contribution < 1.29 is 19.1 Å². The molecule has 0 spiro atoms. The number of hydrogen-bond donors (Lipinski definition) is 1.